The molecule has 0 amide bonds. The second kappa shape index (κ2) is 12.0. The lowest BCUT2D eigenvalue weighted by Gasteiger charge is -2.22. The monoisotopic (exact) mass is 611 g/mol. The van der Waals surface area contributed by atoms with E-state index in [4.69, 9.17) is 47.4 Å². The van der Waals surface area contributed by atoms with Crippen molar-refractivity contribution in [3.8, 4) is 34.0 Å². The highest BCUT2D eigenvalue weighted by atomic mass is 35.5. The van der Waals surface area contributed by atoms with Crippen LogP contribution in [0, 0.1) is 5.92 Å². The van der Waals surface area contributed by atoms with Crippen LogP contribution in [0.1, 0.15) is 12.8 Å². The molecule has 6 rings (SSSR count). The van der Waals surface area contributed by atoms with E-state index in [1.54, 1.807) is 18.5 Å². The fourth-order valence-corrected chi connectivity index (χ4v) is 5.71. The lowest BCUT2D eigenvalue weighted by molar-refractivity contribution is 0.149. The maximum atomic E-state index is 10.00. The lowest BCUT2D eigenvalue weighted by atomic mass is 10.1. The van der Waals surface area contributed by atoms with Crippen LogP contribution in [0.25, 0.3) is 33.4 Å². The molecule has 3 aromatic heterocycles. The number of rotatable bonds is 11. The molecule has 1 saturated heterocycles. The van der Waals surface area contributed by atoms with Crippen molar-refractivity contribution < 1.29 is 19.3 Å². The first-order valence-corrected chi connectivity index (χ1v) is 14.4. The number of methoxy groups -OCH3 is 2. The van der Waals surface area contributed by atoms with E-state index in [9.17, 15) is 5.11 Å². The molecule has 1 unspecified atom stereocenters. The van der Waals surface area contributed by atoms with E-state index in [1.807, 2.05) is 16.9 Å². The molecule has 2 fully saturated rings. The van der Waals surface area contributed by atoms with Crippen LogP contribution in [-0.4, -0.2) is 75.6 Å². The van der Waals surface area contributed by atoms with Crippen molar-refractivity contribution >= 4 is 40.1 Å². The van der Waals surface area contributed by atoms with Gasteiger partial charge in [-0.05, 0) is 30.9 Å². The first kappa shape index (κ1) is 28.6. The second-order valence-electron chi connectivity index (χ2n) is 10.4. The normalized spacial score (nSPS) is 19.2. The topological polar surface area (TPSA) is 128 Å². The zero-order valence-corrected chi connectivity index (χ0v) is 24.7. The molecule has 3 atom stereocenters. The Morgan fingerprint density at radius 2 is 1.86 bits per heavy atom. The van der Waals surface area contributed by atoms with Gasteiger partial charge in [0.2, 0.25) is 5.95 Å². The van der Waals surface area contributed by atoms with Crippen LogP contribution in [-0.2, 0) is 11.3 Å². The SMILES string of the molecule is C=CC(O)N[C@H]1COC[C@H]1Nc1ncc2cc(-c3c(Cl)c(OC)cc(OC)c3Cl)nc(-c3cnn(CC4CC4)c3)c2n1. The highest BCUT2D eigenvalue weighted by Crippen LogP contribution is 2.46. The van der Waals surface area contributed by atoms with E-state index in [-0.39, 0.29) is 12.1 Å². The molecule has 0 radical (unpaired) electrons. The Hall–Kier alpha value is -3.48. The Labute approximate surface area is 252 Å². The first-order valence-electron chi connectivity index (χ1n) is 13.6. The number of nitrogens with one attached hydrogen (secondary N) is 2. The molecule has 1 aromatic carbocycles. The third-order valence-electron chi connectivity index (χ3n) is 7.45. The molecule has 1 saturated carbocycles. The average molecular weight is 613 g/mol. The number of ether oxygens (including phenoxy) is 3. The number of benzene rings is 1. The minimum atomic E-state index is -0.853. The number of pyridine rings is 1. The van der Waals surface area contributed by atoms with Crippen LogP contribution < -0.4 is 20.1 Å². The molecule has 4 heterocycles. The van der Waals surface area contributed by atoms with Crippen molar-refractivity contribution in [2.45, 2.75) is 37.7 Å². The maximum absolute atomic E-state index is 10.00. The number of nitrogens with zero attached hydrogens (tertiary/aromatic N) is 5. The molecule has 13 heteroatoms. The summed E-state index contributed by atoms with van der Waals surface area (Å²) in [6.07, 6.45) is 8.51. The van der Waals surface area contributed by atoms with Crippen LogP contribution in [0.3, 0.4) is 0 Å². The van der Waals surface area contributed by atoms with E-state index in [0.29, 0.717) is 69.1 Å². The minimum absolute atomic E-state index is 0.162. The molecule has 220 valence electrons. The van der Waals surface area contributed by atoms with Crippen LogP contribution >= 0.6 is 23.2 Å². The third kappa shape index (κ3) is 5.75. The average Bonchev–Trinajstić information content (AvgIpc) is 3.51. The summed E-state index contributed by atoms with van der Waals surface area (Å²) in [5, 5.41) is 22.4. The Bertz CT molecular complexity index is 1600. The summed E-state index contributed by atoms with van der Waals surface area (Å²) in [7, 11) is 3.06. The fraction of sp³-hybridized carbons (Fsp3) is 0.379. The standard InChI is InChI=1S/C29H31Cl2N7O4/c1-4-23(39)34-19-13-42-14-20(19)36-29-32-9-16-7-18(24-25(30)21(40-2)8-22(41-3)26(24)31)35-28(27(16)37-29)17-10-33-38(12-17)11-15-5-6-15/h4,7-10,12,15,19-20,23,34,39H,1,5-6,11,13-14H2,2-3H3,(H,32,36,37)/t19-,20+,23?/m0/s1. The van der Waals surface area contributed by atoms with Crippen LogP contribution in [0.4, 0.5) is 5.95 Å². The van der Waals surface area contributed by atoms with E-state index < -0.39 is 6.23 Å². The molecular formula is C29H31Cl2N7O4. The maximum Gasteiger partial charge on any atom is 0.223 e. The van der Waals surface area contributed by atoms with Crippen molar-refractivity contribution in [3.63, 3.8) is 0 Å². The van der Waals surface area contributed by atoms with Crippen LogP contribution in [0.15, 0.2) is 43.4 Å². The molecule has 0 bridgehead atoms. The molecule has 11 nitrogen and oxygen atoms in total. The molecule has 2 aliphatic rings. The van der Waals surface area contributed by atoms with Gasteiger partial charge in [0.05, 0.1) is 61.5 Å². The van der Waals surface area contributed by atoms with Crippen molar-refractivity contribution in [1.82, 2.24) is 30.0 Å². The van der Waals surface area contributed by atoms with Crippen molar-refractivity contribution in [1.29, 1.82) is 0 Å². The zero-order chi connectivity index (χ0) is 29.4. The summed E-state index contributed by atoms with van der Waals surface area (Å²) in [6.45, 7) is 5.33. The molecule has 1 aliphatic heterocycles. The zero-order valence-electron chi connectivity index (χ0n) is 23.2. The quantitative estimate of drug-likeness (QED) is 0.164. The first-order chi connectivity index (χ1) is 20.4. The number of hydrogen-bond donors (Lipinski definition) is 3. The van der Waals surface area contributed by atoms with Gasteiger partial charge in [-0.3, -0.25) is 10.00 Å². The number of anilines is 1. The van der Waals surface area contributed by atoms with Gasteiger partial charge in [0.15, 0.2) is 0 Å². The van der Waals surface area contributed by atoms with Gasteiger partial charge in [-0.15, -0.1) is 0 Å². The number of fused-ring (bicyclic) bond motifs is 1. The van der Waals surface area contributed by atoms with Crippen LogP contribution in [0.5, 0.6) is 11.5 Å². The fourth-order valence-electron chi connectivity index (χ4n) is 5.01. The highest BCUT2D eigenvalue weighted by Gasteiger charge is 2.30. The van der Waals surface area contributed by atoms with Gasteiger partial charge in [-0.2, -0.15) is 5.10 Å². The van der Waals surface area contributed by atoms with Crippen molar-refractivity contribution in [2.75, 3.05) is 32.8 Å². The second-order valence-corrected chi connectivity index (χ2v) is 11.2. The van der Waals surface area contributed by atoms with E-state index >= 15 is 0 Å². The predicted molar refractivity (Wildman–Crippen MR) is 161 cm³/mol. The van der Waals surface area contributed by atoms with Gasteiger partial charge < -0.3 is 24.6 Å². The van der Waals surface area contributed by atoms with Crippen LogP contribution in [0.2, 0.25) is 10.0 Å². The Balaban J connectivity index is 1.45. The van der Waals surface area contributed by atoms with Gasteiger partial charge >= 0.3 is 0 Å². The Kier molecular flexibility index (Phi) is 8.19. The summed E-state index contributed by atoms with van der Waals surface area (Å²) in [4.78, 5) is 14.5. The Morgan fingerprint density at radius 1 is 1.12 bits per heavy atom. The smallest absolute Gasteiger partial charge is 0.223 e. The summed E-state index contributed by atoms with van der Waals surface area (Å²) in [5.74, 6) is 1.88. The summed E-state index contributed by atoms with van der Waals surface area (Å²) in [5.41, 5.74) is 3.01. The molecule has 1 aliphatic carbocycles. The molecule has 42 heavy (non-hydrogen) atoms. The van der Waals surface area contributed by atoms with Gasteiger partial charge in [0, 0.05) is 41.5 Å². The van der Waals surface area contributed by atoms with Crippen molar-refractivity contribution in [3.05, 3.63) is 53.4 Å². The van der Waals surface area contributed by atoms with Crippen molar-refractivity contribution in [2.24, 2.45) is 5.92 Å². The molecular weight excluding hydrogens is 581 g/mol. The number of aliphatic hydroxyl groups is 1. The van der Waals surface area contributed by atoms with E-state index in [1.165, 1.54) is 33.1 Å². The van der Waals surface area contributed by atoms with E-state index in [2.05, 4.69) is 27.3 Å². The Morgan fingerprint density at radius 3 is 2.55 bits per heavy atom. The molecule has 0 spiro atoms. The lowest BCUT2D eigenvalue weighted by Crippen LogP contribution is -2.47. The highest BCUT2D eigenvalue weighted by molar-refractivity contribution is 6.41. The number of halogens is 2. The summed E-state index contributed by atoms with van der Waals surface area (Å²) in [6, 6.07) is 3.15. The number of aromatic nitrogens is 5. The third-order valence-corrected chi connectivity index (χ3v) is 8.20. The van der Waals surface area contributed by atoms with Gasteiger partial charge in [-0.1, -0.05) is 29.8 Å². The minimum Gasteiger partial charge on any atom is -0.495 e. The van der Waals surface area contributed by atoms with Gasteiger partial charge in [0.1, 0.15) is 28.9 Å². The summed E-state index contributed by atoms with van der Waals surface area (Å²) < 4.78 is 18.6. The largest absolute Gasteiger partial charge is 0.495 e. The van der Waals surface area contributed by atoms with Gasteiger partial charge in [-0.25, -0.2) is 15.0 Å². The summed E-state index contributed by atoms with van der Waals surface area (Å²) >= 11 is 13.5. The van der Waals surface area contributed by atoms with E-state index in [0.717, 1.165) is 17.5 Å². The number of hydrogen-bond acceptors (Lipinski definition) is 10. The van der Waals surface area contributed by atoms with Gasteiger partial charge in [0.25, 0.3) is 0 Å². The predicted octanol–water partition coefficient (Wildman–Crippen LogP) is 4.56. The molecule has 3 N–H and O–H groups in total. The number of aliphatic hydroxyl groups excluding tert-OH is 1. The molecule has 4 aromatic rings.